The van der Waals surface area contributed by atoms with E-state index in [1.54, 1.807) is 0 Å². The van der Waals surface area contributed by atoms with Gasteiger partial charge in [0, 0.05) is 11.8 Å². The Kier molecular flexibility index (Phi) is 2.68. The van der Waals surface area contributed by atoms with E-state index in [-0.39, 0.29) is 0 Å². The van der Waals surface area contributed by atoms with Gasteiger partial charge in [-0.2, -0.15) is 0 Å². The minimum atomic E-state index is -0.612. The van der Waals surface area contributed by atoms with Gasteiger partial charge in [-0.1, -0.05) is 23.5 Å². The number of halogens is 2. The molecule has 3 aromatic rings. The number of aromatic nitrogens is 1. The third-order valence-electron chi connectivity index (χ3n) is 2.41. The highest BCUT2D eigenvalue weighted by Gasteiger charge is 2.05. The molecule has 0 aliphatic carbocycles. The van der Waals surface area contributed by atoms with E-state index in [1.807, 2.05) is 24.3 Å². The summed E-state index contributed by atoms with van der Waals surface area (Å²) in [5, 5.41) is 3.51. The van der Waals surface area contributed by atoms with Crippen LogP contribution in [0.25, 0.3) is 10.2 Å². The molecule has 0 atom stereocenters. The van der Waals surface area contributed by atoms with Gasteiger partial charge in [0.25, 0.3) is 0 Å². The minimum Gasteiger partial charge on any atom is -0.331 e. The number of nitrogens with one attached hydrogen (secondary N) is 1. The van der Waals surface area contributed by atoms with Crippen molar-refractivity contribution in [3.63, 3.8) is 0 Å². The Morgan fingerprint density at radius 2 is 1.72 bits per heavy atom. The molecular formula is C13H8F2N2S. The summed E-state index contributed by atoms with van der Waals surface area (Å²) in [4.78, 5) is 4.33. The van der Waals surface area contributed by atoms with Crippen LogP contribution in [-0.2, 0) is 0 Å². The van der Waals surface area contributed by atoms with E-state index in [0.29, 0.717) is 10.8 Å². The molecule has 0 spiro atoms. The maximum atomic E-state index is 13.0. The normalized spacial score (nSPS) is 10.8. The number of rotatable bonds is 2. The van der Waals surface area contributed by atoms with Gasteiger partial charge in [-0.15, -0.1) is 0 Å². The fourth-order valence-electron chi connectivity index (χ4n) is 1.68. The molecule has 0 amide bonds. The van der Waals surface area contributed by atoms with Crippen molar-refractivity contribution in [2.75, 3.05) is 5.32 Å². The highest BCUT2D eigenvalue weighted by molar-refractivity contribution is 7.22. The van der Waals surface area contributed by atoms with E-state index >= 15 is 0 Å². The molecule has 1 N–H and O–H groups in total. The molecule has 18 heavy (non-hydrogen) atoms. The highest BCUT2D eigenvalue weighted by atomic mass is 32.1. The lowest BCUT2D eigenvalue weighted by Crippen LogP contribution is -1.91. The summed E-state index contributed by atoms with van der Waals surface area (Å²) in [5.41, 5.74) is 1.22. The Hall–Kier alpha value is -2.01. The summed E-state index contributed by atoms with van der Waals surface area (Å²) in [6, 6.07) is 11.0. The second kappa shape index (κ2) is 4.34. The molecule has 0 unspecified atom stereocenters. The van der Waals surface area contributed by atoms with Crippen molar-refractivity contribution < 1.29 is 8.78 Å². The molecule has 0 aliphatic heterocycles. The average Bonchev–Trinajstić information content (AvgIpc) is 2.69. The molecule has 0 saturated heterocycles. The fourth-order valence-corrected chi connectivity index (χ4v) is 2.56. The summed E-state index contributed by atoms with van der Waals surface area (Å²) in [7, 11) is 0. The van der Waals surface area contributed by atoms with Crippen molar-refractivity contribution in [2.24, 2.45) is 0 Å². The van der Waals surface area contributed by atoms with Crippen molar-refractivity contribution >= 4 is 32.4 Å². The first-order chi connectivity index (χ1) is 8.70. The van der Waals surface area contributed by atoms with Gasteiger partial charge in [-0.25, -0.2) is 13.8 Å². The van der Waals surface area contributed by atoms with E-state index in [4.69, 9.17) is 0 Å². The van der Waals surface area contributed by atoms with E-state index in [1.165, 1.54) is 23.5 Å². The lowest BCUT2D eigenvalue weighted by atomic mass is 10.3. The standard InChI is InChI=1S/C13H8F2N2S/c14-8-5-9(15)7-10(6-8)16-13-17-11-3-1-2-4-12(11)18-13/h1-7H,(H,16,17). The average molecular weight is 262 g/mol. The van der Waals surface area contributed by atoms with Crippen molar-refractivity contribution in [1.29, 1.82) is 0 Å². The van der Waals surface area contributed by atoms with Crippen LogP contribution in [-0.4, -0.2) is 4.98 Å². The minimum absolute atomic E-state index is 0.353. The molecule has 5 heteroatoms. The lowest BCUT2D eigenvalue weighted by molar-refractivity contribution is 0.584. The van der Waals surface area contributed by atoms with Crippen LogP contribution in [0.1, 0.15) is 0 Å². The van der Waals surface area contributed by atoms with Crippen molar-refractivity contribution in [3.05, 3.63) is 54.1 Å². The molecular weight excluding hydrogens is 254 g/mol. The highest BCUT2D eigenvalue weighted by Crippen LogP contribution is 2.28. The van der Waals surface area contributed by atoms with E-state index < -0.39 is 11.6 Å². The Labute approximate surface area is 106 Å². The van der Waals surface area contributed by atoms with Crippen LogP contribution in [0.4, 0.5) is 19.6 Å². The van der Waals surface area contributed by atoms with Gasteiger partial charge in [0.15, 0.2) is 5.13 Å². The fraction of sp³-hybridized carbons (Fsp3) is 0. The third-order valence-corrected chi connectivity index (χ3v) is 3.36. The molecule has 0 aliphatic rings. The van der Waals surface area contributed by atoms with E-state index in [2.05, 4.69) is 10.3 Å². The SMILES string of the molecule is Fc1cc(F)cc(Nc2nc3ccccc3s2)c1. The predicted octanol–water partition coefficient (Wildman–Crippen LogP) is 4.32. The van der Waals surface area contributed by atoms with Crippen LogP contribution >= 0.6 is 11.3 Å². The Morgan fingerprint density at radius 3 is 2.44 bits per heavy atom. The first-order valence-electron chi connectivity index (χ1n) is 5.29. The van der Waals surface area contributed by atoms with Crippen molar-refractivity contribution in [3.8, 4) is 0 Å². The number of benzene rings is 2. The first kappa shape index (κ1) is 11.1. The van der Waals surface area contributed by atoms with E-state index in [9.17, 15) is 8.78 Å². The molecule has 0 saturated carbocycles. The van der Waals surface area contributed by atoms with Crippen molar-refractivity contribution in [2.45, 2.75) is 0 Å². The molecule has 2 aromatic carbocycles. The van der Waals surface area contributed by atoms with Crippen LogP contribution in [0.15, 0.2) is 42.5 Å². The number of fused-ring (bicyclic) bond motifs is 1. The molecule has 0 fully saturated rings. The van der Waals surface area contributed by atoms with Gasteiger partial charge in [0.1, 0.15) is 11.6 Å². The molecule has 0 bridgehead atoms. The lowest BCUT2D eigenvalue weighted by Gasteiger charge is -2.02. The van der Waals surface area contributed by atoms with Crippen LogP contribution in [0.2, 0.25) is 0 Å². The van der Waals surface area contributed by atoms with Gasteiger partial charge in [0.05, 0.1) is 10.2 Å². The quantitative estimate of drug-likeness (QED) is 0.744. The smallest absolute Gasteiger partial charge is 0.188 e. The van der Waals surface area contributed by atoms with Crippen LogP contribution < -0.4 is 5.32 Å². The second-order valence-corrected chi connectivity index (χ2v) is 4.80. The topological polar surface area (TPSA) is 24.9 Å². The van der Waals surface area contributed by atoms with E-state index in [0.717, 1.165) is 16.3 Å². The van der Waals surface area contributed by atoms with Crippen LogP contribution in [0.5, 0.6) is 0 Å². The zero-order valence-corrected chi connectivity index (χ0v) is 9.97. The maximum absolute atomic E-state index is 13.0. The van der Waals surface area contributed by atoms with Gasteiger partial charge in [-0.05, 0) is 24.3 Å². The molecule has 1 heterocycles. The summed E-state index contributed by atoms with van der Waals surface area (Å²) in [6.45, 7) is 0. The first-order valence-corrected chi connectivity index (χ1v) is 6.11. The second-order valence-electron chi connectivity index (χ2n) is 3.77. The summed E-state index contributed by atoms with van der Waals surface area (Å²) in [6.07, 6.45) is 0. The number of thiazole rings is 1. The number of hydrogen-bond donors (Lipinski definition) is 1. The Morgan fingerprint density at radius 1 is 1.00 bits per heavy atom. The van der Waals surface area contributed by atoms with Gasteiger partial charge >= 0.3 is 0 Å². The number of anilines is 2. The zero-order valence-electron chi connectivity index (χ0n) is 9.15. The molecule has 3 rings (SSSR count). The monoisotopic (exact) mass is 262 g/mol. The summed E-state index contributed by atoms with van der Waals surface area (Å²) < 4.78 is 27.1. The maximum Gasteiger partial charge on any atom is 0.188 e. The van der Waals surface area contributed by atoms with Crippen molar-refractivity contribution in [1.82, 2.24) is 4.98 Å². The molecule has 2 nitrogen and oxygen atoms in total. The molecule has 0 radical (unpaired) electrons. The summed E-state index contributed by atoms with van der Waals surface area (Å²) >= 11 is 1.44. The third kappa shape index (κ3) is 2.17. The van der Waals surface area contributed by atoms with Gasteiger partial charge in [0.2, 0.25) is 0 Å². The number of para-hydroxylation sites is 1. The molecule has 1 aromatic heterocycles. The predicted molar refractivity (Wildman–Crippen MR) is 69.3 cm³/mol. The Balaban J connectivity index is 1.96. The molecule has 90 valence electrons. The van der Waals surface area contributed by atoms with Gasteiger partial charge < -0.3 is 5.32 Å². The Bertz CT molecular complexity index is 656. The zero-order chi connectivity index (χ0) is 12.5. The summed E-state index contributed by atoms with van der Waals surface area (Å²) in [5.74, 6) is -1.22. The number of nitrogens with zero attached hydrogens (tertiary/aromatic N) is 1. The van der Waals surface area contributed by atoms with Crippen LogP contribution in [0.3, 0.4) is 0 Å². The van der Waals surface area contributed by atoms with Crippen LogP contribution in [0, 0.1) is 11.6 Å². The van der Waals surface area contributed by atoms with Gasteiger partial charge in [-0.3, -0.25) is 0 Å². The largest absolute Gasteiger partial charge is 0.331 e. The number of hydrogen-bond acceptors (Lipinski definition) is 3.